The normalized spacial score (nSPS) is 16.1. The van der Waals surface area contributed by atoms with Crippen molar-refractivity contribution >= 4 is 5.84 Å². The number of hydrogen-bond donors (Lipinski definition) is 1. The first-order valence-electron chi connectivity index (χ1n) is 9.74. The third kappa shape index (κ3) is 2.85. The predicted molar refractivity (Wildman–Crippen MR) is 109 cm³/mol. The van der Waals surface area contributed by atoms with E-state index in [4.69, 9.17) is 10.7 Å². The molecule has 2 aromatic carbocycles. The zero-order chi connectivity index (χ0) is 18.4. The monoisotopic (exact) mass is 356 g/mol. The van der Waals surface area contributed by atoms with Gasteiger partial charge in [-0.2, -0.15) is 0 Å². The molecule has 4 heteroatoms. The number of nitrogens with two attached hydrogens (primary N) is 1. The second kappa shape index (κ2) is 6.38. The van der Waals surface area contributed by atoms with E-state index in [2.05, 4.69) is 65.0 Å². The van der Waals surface area contributed by atoms with Crippen LogP contribution in [-0.4, -0.2) is 15.4 Å². The third-order valence-electron chi connectivity index (χ3n) is 5.85. The summed E-state index contributed by atoms with van der Waals surface area (Å²) >= 11 is 0. The highest BCUT2D eigenvalue weighted by Gasteiger charge is 2.31. The first-order valence-corrected chi connectivity index (χ1v) is 9.74. The first-order chi connectivity index (χ1) is 13.2. The fraction of sp³-hybridized carbons (Fsp3) is 0.304. The van der Waals surface area contributed by atoms with E-state index >= 15 is 0 Å². The molecule has 0 atom stereocenters. The number of amidine groups is 1. The summed E-state index contributed by atoms with van der Waals surface area (Å²) < 4.78 is 2.22. The van der Waals surface area contributed by atoms with Crippen LogP contribution in [0.3, 0.4) is 0 Å². The fourth-order valence-corrected chi connectivity index (χ4v) is 4.00. The summed E-state index contributed by atoms with van der Waals surface area (Å²) in [5.41, 5.74) is 13.2. The van der Waals surface area contributed by atoms with Crippen molar-refractivity contribution in [2.45, 2.75) is 45.2 Å². The number of nitrogens with zero attached hydrogens (tertiary/aromatic N) is 3. The Hall–Kier alpha value is -2.88. The van der Waals surface area contributed by atoms with Crippen molar-refractivity contribution < 1.29 is 0 Å². The second-order valence-electron chi connectivity index (χ2n) is 7.77. The molecular formula is C23H24N4. The summed E-state index contributed by atoms with van der Waals surface area (Å²) in [5, 5.41) is 0. The van der Waals surface area contributed by atoms with E-state index in [9.17, 15) is 0 Å². The summed E-state index contributed by atoms with van der Waals surface area (Å²) in [4.78, 5) is 9.45. The van der Waals surface area contributed by atoms with Gasteiger partial charge in [-0.1, -0.05) is 60.5 Å². The minimum atomic E-state index is 0.569. The van der Waals surface area contributed by atoms with E-state index in [0.29, 0.717) is 18.4 Å². The molecule has 0 bridgehead atoms. The van der Waals surface area contributed by atoms with Gasteiger partial charge in [0.05, 0.1) is 5.69 Å². The molecule has 0 amide bonds. The Morgan fingerprint density at radius 2 is 1.67 bits per heavy atom. The molecule has 1 saturated carbocycles. The molecule has 0 radical (unpaired) electrons. The lowest BCUT2D eigenvalue weighted by Gasteiger charge is -2.24. The topological polar surface area (TPSA) is 56.2 Å². The number of imidazole rings is 1. The number of fused-ring (bicyclic) bond motifs is 1. The summed E-state index contributed by atoms with van der Waals surface area (Å²) in [6.45, 7) is 2.74. The maximum absolute atomic E-state index is 6.19. The second-order valence-corrected chi connectivity index (χ2v) is 7.77. The minimum absolute atomic E-state index is 0.569. The minimum Gasteiger partial charge on any atom is -0.382 e. The Labute approximate surface area is 159 Å². The van der Waals surface area contributed by atoms with Gasteiger partial charge in [-0.15, -0.1) is 0 Å². The van der Waals surface area contributed by atoms with Gasteiger partial charge in [0.2, 0.25) is 0 Å². The van der Waals surface area contributed by atoms with Crippen molar-refractivity contribution in [1.29, 1.82) is 0 Å². The number of aliphatic imine (C=N–C) groups is 1. The lowest BCUT2D eigenvalue weighted by molar-refractivity contribution is 0.389. The molecule has 2 N–H and O–H groups in total. The van der Waals surface area contributed by atoms with Gasteiger partial charge >= 0.3 is 0 Å². The van der Waals surface area contributed by atoms with E-state index in [0.717, 1.165) is 23.4 Å². The van der Waals surface area contributed by atoms with E-state index in [1.807, 2.05) is 0 Å². The molecule has 0 saturated heterocycles. The van der Waals surface area contributed by atoms with Gasteiger partial charge < -0.3 is 10.3 Å². The van der Waals surface area contributed by atoms with Crippen LogP contribution in [0, 0.1) is 6.92 Å². The zero-order valence-electron chi connectivity index (χ0n) is 15.7. The van der Waals surface area contributed by atoms with Crippen LogP contribution in [-0.2, 0) is 13.1 Å². The number of aryl methyl sites for hydroxylation is 1. The highest BCUT2D eigenvalue weighted by atomic mass is 15.2. The van der Waals surface area contributed by atoms with Crippen molar-refractivity contribution in [1.82, 2.24) is 9.55 Å². The molecule has 136 valence electrons. The van der Waals surface area contributed by atoms with Crippen molar-refractivity contribution in [3.63, 3.8) is 0 Å². The SMILES string of the molecule is Cc1ccc(Cc2ccc(-c3nc(C4CCC4)n4c3C(N)=NC4)cc2)cc1. The summed E-state index contributed by atoms with van der Waals surface area (Å²) in [7, 11) is 0. The quantitative estimate of drug-likeness (QED) is 0.753. The lowest BCUT2D eigenvalue weighted by Crippen LogP contribution is -2.16. The largest absolute Gasteiger partial charge is 0.382 e. The smallest absolute Gasteiger partial charge is 0.146 e. The molecular weight excluding hydrogens is 332 g/mol. The maximum atomic E-state index is 6.19. The average molecular weight is 356 g/mol. The van der Waals surface area contributed by atoms with E-state index in [-0.39, 0.29) is 0 Å². The third-order valence-corrected chi connectivity index (χ3v) is 5.85. The molecule has 27 heavy (non-hydrogen) atoms. The van der Waals surface area contributed by atoms with E-state index in [1.165, 1.54) is 41.8 Å². The van der Waals surface area contributed by atoms with Gasteiger partial charge in [-0.25, -0.2) is 9.98 Å². The van der Waals surface area contributed by atoms with Crippen LogP contribution < -0.4 is 5.73 Å². The van der Waals surface area contributed by atoms with Crippen molar-refractivity contribution in [3.05, 3.63) is 76.7 Å². The summed E-state index contributed by atoms with van der Waals surface area (Å²) in [5.74, 6) is 2.35. The van der Waals surface area contributed by atoms with Gasteiger partial charge in [-0.3, -0.25) is 0 Å². The summed E-state index contributed by atoms with van der Waals surface area (Å²) in [6.07, 6.45) is 4.70. The highest BCUT2D eigenvalue weighted by molar-refractivity contribution is 6.02. The molecule has 4 nitrogen and oxygen atoms in total. The van der Waals surface area contributed by atoms with Gasteiger partial charge in [0.1, 0.15) is 24.0 Å². The van der Waals surface area contributed by atoms with Crippen LogP contribution in [0.2, 0.25) is 0 Å². The molecule has 1 aliphatic carbocycles. The molecule has 2 aliphatic rings. The van der Waals surface area contributed by atoms with Gasteiger partial charge in [-0.05, 0) is 37.3 Å². The lowest BCUT2D eigenvalue weighted by atomic mass is 9.85. The standard InChI is InChI=1S/C23H24N4/c1-15-5-7-16(8-6-15)13-17-9-11-18(12-10-17)20-21-22(24)25-14-27(21)23(26-20)19-3-2-4-19/h5-12,19H,2-4,13-14H2,1H3,(H2,24,25). The van der Waals surface area contributed by atoms with Crippen LogP contribution in [0.25, 0.3) is 11.3 Å². The van der Waals surface area contributed by atoms with E-state index in [1.54, 1.807) is 0 Å². The Balaban J connectivity index is 1.45. The molecule has 1 aromatic heterocycles. The molecule has 3 aromatic rings. The van der Waals surface area contributed by atoms with Crippen LogP contribution in [0.15, 0.2) is 53.5 Å². The Kier molecular flexibility index (Phi) is 3.85. The molecule has 1 aliphatic heterocycles. The molecule has 0 spiro atoms. The van der Waals surface area contributed by atoms with Gasteiger partial charge in [0, 0.05) is 11.5 Å². The Morgan fingerprint density at radius 3 is 2.30 bits per heavy atom. The molecule has 2 heterocycles. The zero-order valence-corrected chi connectivity index (χ0v) is 15.7. The summed E-state index contributed by atoms with van der Waals surface area (Å²) in [6, 6.07) is 17.5. The number of aromatic nitrogens is 2. The van der Waals surface area contributed by atoms with Gasteiger partial charge in [0.25, 0.3) is 0 Å². The Morgan fingerprint density at radius 1 is 1.00 bits per heavy atom. The van der Waals surface area contributed by atoms with Crippen molar-refractivity contribution in [2.24, 2.45) is 10.7 Å². The maximum Gasteiger partial charge on any atom is 0.146 e. The van der Waals surface area contributed by atoms with Crippen LogP contribution in [0.5, 0.6) is 0 Å². The first kappa shape index (κ1) is 16.3. The molecule has 1 fully saturated rings. The number of rotatable bonds is 4. The van der Waals surface area contributed by atoms with Crippen molar-refractivity contribution in [3.8, 4) is 11.3 Å². The number of hydrogen-bond acceptors (Lipinski definition) is 3. The highest BCUT2D eigenvalue weighted by Crippen LogP contribution is 2.39. The number of benzene rings is 2. The van der Waals surface area contributed by atoms with Crippen LogP contribution in [0.4, 0.5) is 0 Å². The van der Waals surface area contributed by atoms with Crippen LogP contribution in [0.1, 0.15) is 53.4 Å². The predicted octanol–water partition coefficient (Wildman–Crippen LogP) is 4.39. The van der Waals surface area contributed by atoms with Crippen molar-refractivity contribution in [2.75, 3.05) is 0 Å². The molecule has 0 unspecified atom stereocenters. The average Bonchev–Trinajstić information content (AvgIpc) is 3.18. The molecule has 5 rings (SSSR count). The van der Waals surface area contributed by atoms with E-state index < -0.39 is 0 Å². The van der Waals surface area contributed by atoms with Crippen LogP contribution >= 0.6 is 0 Å². The Bertz CT molecular complexity index is 1010. The fourth-order valence-electron chi connectivity index (χ4n) is 4.00. The van der Waals surface area contributed by atoms with Gasteiger partial charge in [0.15, 0.2) is 0 Å².